The van der Waals surface area contributed by atoms with Gasteiger partial charge in [-0.05, 0) is 37.5 Å². The van der Waals surface area contributed by atoms with Crippen molar-refractivity contribution in [2.24, 2.45) is 0 Å². The van der Waals surface area contributed by atoms with Crippen LogP contribution in [0.4, 0.5) is 11.4 Å². The SMILES string of the molecule is CCC(CC)Nc1cc(C)c(N)c(C(=O)O)c1. The maximum absolute atomic E-state index is 11.0. The normalized spacial score (nSPS) is 10.6. The predicted molar refractivity (Wildman–Crippen MR) is 70.5 cm³/mol. The maximum atomic E-state index is 11.0. The van der Waals surface area contributed by atoms with E-state index >= 15 is 0 Å². The Morgan fingerprint density at radius 2 is 2.00 bits per heavy atom. The van der Waals surface area contributed by atoms with Crippen LogP contribution < -0.4 is 11.1 Å². The minimum absolute atomic E-state index is 0.165. The van der Waals surface area contributed by atoms with Gasteiger partial charge in [-0.25, -0.2) is 4.79 Å². The zero-order valence-electron chi connectivity index (χ0n) is 10.6. The fraction of sp³-hybridized carbons (Fsp3) is 0.462. The van der Waals surface area contributed by atoms with Gasteiger partial charge in [0.2, 0.25) is 0 Å². The van der Waals surface area contributed by atoms with Gasteiger partial charge in [0, 0.05) is 17.4 Å². The highest BCUT2D eigenvalue weighted by Gasteiger charge is 2.12. The predicted octanol–water partition coefficient (Wildman–Crippen LogP) is 2.88. The lowest BCUT2D eigenvalue weighted by Crippen LogP contribution is -2.17. The Hall–Kier alpha value is -1.71. The molecule has 0 aliphatic carbocycles. The van der Waals surface area contributed by atoms with Gasteiger partial charge in [0.15, 0.2) is 0 Å². The minimum atomic E-state index is -0.987. The Morgan fingerprint density at radius 3 is 2.47 bits per heavy atom. The first-order valence-electron chi connectivity index (χ1n) is 5.89. The number of benzene rings is 1. The first-order valence-corrected chi connectivity index (χ1v) is 5.89. The van der Waals surface area contributed by atoms with Gasteiger partial charge in [0.05, 0.1) is 5.56 Å². The van der Waals surface area contributed by atoms with Crippen molar-refractivity contribution in [3.63, 3.8) is 0 Å². The molecule has 0 amide bonds. The van der Waals surface area contributed by atoms with Gasteiger partial charge in [-0.2, -0.15) is 0 Å². The number of carboxylic acid groups (broad SMARTS) is 1. The van der Waals surface area contributed by atoms with E-state index in [1.165, 1.54) is 0 Å². The number of hydrogen-bond acceptors (Lipinski definition) is 3. The maximum Gasteiger partial charge on any atom is 0.337 e. The number of carbonyl (C=O) groups is 1. The largest absolute Gasteiger partial charge is 0.478 e. The Labute approximate surface area is 102 Å². The van der Waals surface area contributed by atoms with Crippen LogP contribution in [0.3, 0.4) is 0 Å². The van der Waals surface area contributed by atoms with Gasteiger partial charge in [-0.1, -0.05) is 13.8 Å². The second-order valence-corrected chi connectivity index (χ2v) is 4.22. The Balaban J connectivity index is 3.06. The van der Waals surface area contributed by atoms with Crippen LogP contribution in [0.15, 0.2) is 12.1 Å². The number of nitrogens with one attached hydrogen (secondary N) is 1. The molecule has 0 aliphatic heterocycles. The van der Waals surface area contributed by atoms with Crippen molar-refractivity contribution in [1.29, 1.82) is 0 Å². The zero-order valence-corrected chi connectivity index (χ0v) is 10.6. The summed E-state index contributed by atoms with van der Waals surface area (Å²) in [6, 6.07) is 3.85. The fourth-order valence-electron chi connectivity index (χ4n) is 1.79. The molecule has 17 heavy (non-hydrogen) atoms. The molecule has 1 aromatic carbocycles. The first-order chi connectivity index (χ1) is 7.99. The van der Waals surface area contributed by atoms with E-state index in [0.717, 1.165) is 24.1 Å². The van der Waals surface area contributed by atoms with E-state index in [1.807, 2.05) is 13.0 Å². The molecule has 0 unspecified atom stereocenters. The summed E-state index contributed by atoms with van der Waals surface area (Å²) in [5.41, 5.74) is 7.86. The molecule has 4 nitrogen and oxygen atoms in total. The molecule has 94 valence electrons. The molecule has 1 aromatic rings. The molecule has 0 saturated heterocycles. The molecule has 0 heterocycles. The van der Waals surface area contributed by atoms with Gasteiger partial charge in [-0.15, -0.1) is 0 Å². The third-order valence-electron chi connectivity index (χ3n) is 2.97. The van der Waals surface area contributed by atoms with E-state index in [2.05, 4.69) is 19.2 Å². The summed E-state index contributed by atoms with van der Waals surface area (Å²) in [5, 5.41) is 12.4. The summed E-state index contributed by atoms with van der Waals surface area (Å²) in [6.45, 7) is 6.02. The van der Waals surface area contributed by atoms with Crippen molar-refractivity contribution in [3.8, 4) is 0 Å². The fourth-order valence-corrected chi connectivity index (χ4v) is 1.79. The van der Waals surface area contributed by atoms with Gasteiger partial charge >= 0.3 is 5.97 Å². The van der Waals surface area contributed by atoms with E-state index < -0.39 is 5.97 Å². The molecule has 4 N–H and O–H groups in total. The number of aryl methyl sites for hydroxylation is 1. The number of aromatic carboxylic acids is 1. The van der Waals surface area contributed by atoms with Crippen LogP contribution in [0.1, 0.15) is 42.6 Å². The van der Waals surface area contributed by atoms with Crippen molar-refractivity contribution in [1.82, 2.24) is 0 Å². The molecule has 0 spiro atoms. The number of hydrogen-bond donors (Lipinski definition) is 3. The second kappa shape index (κ2) is 5.57. The van der Waals surface area contributed by atoms with Crippen LogP contribution in [0, 0.1) is 6.92 Å². The zero-order chi connectivity index (χ0) is 13.0. The molecule has 0 atom stereocenters. The molecular weight excluding hydrogens is 216 g/mol. The Bertz CT molecular complexity index is 412. The number of rotatable bonds is 5. The highest BCUT2D eigenvalue weighted by molar-refractivity contribution is 5.95. The quantitative estimate of drug-likeness (QED) is 0.687. The average Bonchev–Trinajstić information content (AvgIpc) is 2.29. The number of nitrogen functional groups attached to an aromatic ring is 1. The lowest BCUT2D eigenvalue weighted by Gasteiger charge is -2.18. The van der Waals surface area contributed by atoms with Gasteiger partial charge in [-0.3, -0.25) is 0 Å². The standard InChI is InChI=1S/C13H20N2O2/c1-4-9(5-2)15-10-6-8(3)12(14)11(7-10)13(16)17/h6-7,9,15H,4-5,14H2,1-3H3,(H,16,17). The van der Waals surface area contributed by atoms with Crippen LogP contribution in [0.5, 0.6) is 0 Å². The smallest absolute Gasteiger partial charge is 0.337 e. The molecule has 0 aliphatic rings. The van der Waals surface area contributed by atoms with Crippen molar-refractivity contribution < 1.29 is 9.90 Å². The summed E-state index contributed by atoms with van der Waals surface area (Å²) in [7, 11) is 0. The summed E-state index contributed by atoms with van der Waals surface area (Å²) in [6.07, 6.45) is 2.00. The van der Waals surface area contributed by atoms with Crippen molar-refractivity contribution in [2.45, 2.75) is 39.7 Å². The van der Waals surface area contributed by atoms with Crippen LogP contribution in [-0.2, 0) is 0 Å². The van der Waals surface area contributed by atoms with Crippen molar-refractivity contribution >= 4 is 17.3 Å². The summed E-state index contributed by atoms with van der Waals surface area (Å²) >= 11 is 0. The average molecular weight is 236 g/mol. The second-order valence-electron chi connectivity index (χ2n) is 4.22. The van der Waals surface area contributed by atoms with E-state index in [1.54, 1.807) is 6.07 Å². The number of nitrogens with two attached hydrogens (primary N) is 1. The molecule has 0 aromatic heterocycles. The molecule has 0 bridgehead atoms. The Kier molecular flexibility index (Phi) is 4.37. The van der Waals surface area contributed by atoms with Crippen molar-refractivity contribution in [2.75, 3.05) is 11.1 Å². The molecule has 0 fully saturated rings. The lowest BCUT2D eigenvalue weighted by molar-refractivity contribution is 0.0698. The lowest BCUT2D eigenvalue weighted by atomic mass is 10.1. The highest BCUT2D eigenvalue weighted by Crippen LogP contribution is 2.24. The molecule has 4 heteroatoms. The topological polar surface area (TPSA) is 75.3 Å². The summed E-state index contributed by atoms with van der Waals surface area (Å²) in [5.74, 6) is -0.987. The van der Waals surface area contributed by atoms with Crippen molar-refractivity contribution in [3.05, 3.63) is 23.3 Å². The van der Waals surface area contributed by atoms with E-state index in [0.29, 0.717) is 11.7 Å². The van der Waals surface area contributed by atoms with Crippen LogP contribution in [0.2, 0.25) is 0 Å². The molecule has 0 saturated carbocycles. The van der Waals surface area contributed by atoms with Gasteiger partial charge < -0.3 is 16.2 Å². The van der Waals surface area contributed by atoms with Gasteiger partial charge in [0.1, 0.15) is 0 Å². The minimum Gasteiger partial charge on any atom is -0.478 e. The highest BCUT2D eigenvalue weighted by atomic mass is 16.4. The number of anilines is 2. The monoisotopic (exact) mass is 236 g/mol. The van der Waals surface area contributed by atoms with Crippen LogP contribution in [-0.4, -0.2) is 17.1 Å². The molecular formula is C13H20N2O2. The first kappa shape index (κ1) is 13.4. The third kappa shape index (κ3) is 3.12. The molecule has 0 radical (unpaired) electrons. The Morgan fingerprint density at radius 1 is 1.41 bits per heavy atom. The summed E-state index contributed by atoms with van der Waals surface area (Å²) < 4.78 is 0. The van der Waals surface area contributed by atoms with E-state index in [4.69, 9.17) is 10.8 Å². The van der Waals surface area contributed by atoms with E-state index in [9.17, 15) is 4.79 Å². The summed E-state index contributed by atoms with van der Waals surface area (Å²) in [4.78, 5) is 11.0. The van der Waals surface area contributed by atoms with Crippen LogP contribution in [0.25, 0.3) is 0 Å². The van der Waals surface area contributed by atoms with Gasteiger partial charge in [0.25, 0.3) is 0 Å². The third-order valence-corrected chi connectivity index (χ3v) is 2.97. The molecule has 1 rings (SSSR count). The van der Waals surface area contributed by atoms with E-state index in [-0.39, 0.29) is 5.56 Å². The number of carboxylic acids is 1. The van der Waals surface area contributed by atoms with Crippen LogP contribution >= 0.6 is 0 Å².